The largest absolute Gasteiger partial charge is 0.375 e. The summed E-state index contributed by atoms with van der Waals surface area (Å²) in [7, 11) is 0. The van der Waals surface area contributed by atoms with Crippen LogP contribution < -0.4 is 5.32 Å². The molecule has 0 spiro atoms. The monoisotopic (exact) mass is 325 g/mol. The van der Waals surface area contributed by atoms with E-state index in [9.17, 15) is 0 Å². The van der Waals surface area contributed by atoms with Crippen LogP contribution in [0.1, 0.15) is 32.2 Å². The van der Waals surface area contributed by atoms with Crippen LogP contribution in [0.4, 0.5) is 5.82 Å². The molecule has 2 aromatic heterocycles. The van der Waals surface area contributed by atoms with Crippen LogP contribution in [0.3, 0.4) is 0 Å². The van der Waals surface area contributed by atoms with Crippen LogP contribution >= 0.6 is 0 Å². The highest BCUT2D eigenvalue weighted by Gasteiger charge is 2.21. The molecule has 0 aliphatic rings. The summed E-state index contributed by atoms with van der Waals surface area (Å²) in [6, 6.07) is 14.0. The van der Waals surface area contributed by atoms with Crippen molar-refractivity contribution in [2.75, 3.05) is 18.5 Å². The minimum Gasteiger partial charge on any atom is -0.375 e. The molecular weight excluding hydrogens is 302 g/mol. The van der Waals surface area contributed by atoms with Gasteiger partial charge in [-0.25, -0.2) is 0 Å². The lowest BCUT2D eigenvalue weighted by atomic mass is 9.96. The number of aromatic nitrogens is 4. The van der Waals surface area contributed by atoms with Gasteiger partial charge in [-0.05, 0) is 17.7 Å². The van der Waals surface area contributed by atoms with Gasteiger partial charge in [0.25, 0.3) is 0 Å². The molecule has 0 saturated carbocycles. The van der Waals surface area contributed by atoms with Gasteiger partial charge in [0.15, 0.2) is 11.5 Å². The lowest BCUT2D eigenvalue weighted by Crippen LogP contribution is -2.18. The molecule has 1 aromatic carbocycles. The van der Waals surface area contributed by atoms with Gasteiger partial charge in [0.1, 0.15) is 5.82 Å². The molecule has 0 bridgehead atoms. The Morgan fingerprint density at radius 2 is 1.83 bits per heavy atom. The summed E-state index contributed by atoms with van der Waals surface area (Å²) in [5.74, 6) is 1.64. The van der Waals surface area contributed by atoms with E-state index in [0.29, 0.717) is 19.8 Å². The molecule has 6 nitrogen and oxygen atoms in total. The summed E-state index contributed by atoms with van der Waals surface area (Å²) in [4.78, 5) is 0. The highest BCUT2D eigenvalue weighted by atomic mass is 16.5. The Balaban J connectivity index is 1.55. The molecule has 0 unspecified atom stereocenters. The fraction of sp³-hybridized carbons (Fsp3) is 0.389. The number of benzene rings is 1. The van der Waals surface area contributed by atoms with Crippen LogP contribution in [0.5, 0.6) is 0 Å². The summed E-state index contributed by atoms with van der Waals surface area (Å²) in [6.45, 7) is 8.23. The lowest BCUT2D eigenvalue weighted by Gasteiger charge is -2.15. The minimum atomic E-state index is -0.107. The van der Waals surface area contributed by atoms with Gasteiger partial charge in [-0.2, -0.15) is 4.52 Å². The number of nitrogens with zero attached hydrogens (tertiary/aromatic N) is 4. The Morgan fingerprint density at radius 1 is 1.04 bits per heavy atom. The van der Waals surface area contributed by atoms with Crippen molar-refractivity contribution in [2.24, 2.45) is 0 Å². The average Bonchev–Trinajstić information content (AvgIpc) is 2.99. The minimum absolute atomic E-state index is 0.107. The SMILES string of the molecule is CC(C)(C)c1nnc2ccc(NCCOCc3ccccc3)nn12. The molecule has 3 rings (SSSR count). The third kappa shape index (κ3) is 3.89. The Labute approximate surface area is 141 Å². The van der Waals surface area contributed by atoms with E-state index in [1.165, 1.54) is 5.56 Å². The fourth-order valence-electron chi connectivity index (χ4n) is 2.37. The topological polar surface area (TPSA) is 64.3 Å². The van der Waals surface area contributed by atoms with Crippen LogP contribution in [0.15, 0.2) is 42.5 Å². The fourth-order valence-corrected chi connectivity index (χ4v) is 2.37. The molecular formula is C18H23N5O. The Morgan fingerprint density at radius 3 is 2.58 bits per heavy atom. The number of anilines is 1. The zero-order valence-electron chi connectivity index (χ0n) is 14.4. The molecule has 0 saturated heterocycles. The zero-order valence-corrected chi connectivity index (χ0v) is 14.4. The number of nitrogens with one attached hydrogen (secondary N) is 1. The van der Waals surface area contributed by atoms with Gasteiger partial charge in [-0.1, -0.05) is 51.1 Å². The summed E-state index contributed by atoms with van der Waals surface area (Å²) in [5.41, 5.74) is 1.83. The summed E-state index contributed by atoms with van der Waals surface area (Å²) >= 11 is 0. The van der Waals surface area contributed by atoms with Crippen molar-refractivity contribution in [3.63, 3.8) is 0 Å². The molecule has 0 aliphatic carbocycles. The molecule has 0 fully saturated rings. The van der Waals surface area contributed by atoms with Crippen molar-refractivity contribution in [1.82, 2.24) is 19.8 Å². The van der Waals surface area contributed by atoms with Crippen LogP contribution in [-0.2, 0) is 16.8 Å². The highest BCUT2D eigenvalue weighted by molar-refractivity contribution is 5.44. The maximum Gasteiger partial charge on any atom is 0.178 e. The van der Waals surface area contributed by atoms with E-state index in [2.05, 4.69) is 53.5 Å². The number of hydrogen-bond acceptors (Lipinski definition) is 5. The number of fused-ring (bicyclic) bond motifs is 1. The average molecular weight is 325 g/mol. The van der Waals surface area contributed by atoms with Gasteiger partial charge >= 0.3 is 0 Å². The van der Waals surface area contributed by atoms with Gasteiger partial charge in [-0.3, -0.25) is 0 Å². The van der Waals surface area contributed by atoms with Gasteiger partial charge in [0.2, 0.25) is 0 Å². The number of rotatable bonds is 6. The quantitative estimate of drug-likeness (QED) is 0.706. The Kier molecular flexibility index (Phi) is 4.76. The van der Waals surface area contributed by atoms with Crippen LogP contribution in [0, 0.1) is 0 Å². The first kappa shape index (κ1) is 16.4. The first-order valence-electron chi connectivity index (χ1n) is 8.12. The van der Waals surface area contributed by atoms with E-state index in [-0.39, 0.29) is 5.41 Å². The third-order valence-electron chi connectivity index (χ3n) is 3.60. The Hall–Kier alpha value is -2.47. The van der Waals surface area contributed by atoms with Gasteiger partial charge in [0, 0.05) is 12.0 Å². The highest BCUT2D eigenvalue weighted by Crippen LogP contribution is 2.20. The van der Waals surface area contributed by atoms with Crippen molar-refractivity contribution >= 4 is 11.5 Å². The molecule has 0 atom stereocenters. The van der Waals surface area contributed by atoms with Crippen molar-refractivity contribution in [1.29, 1.82) is 0 Å². The third-order valence-corrected chi connectivity index (χ3v) is 3.60. The van der Waals surface area contributed by atoms with Crippen molar-refractivity contribution in [3.8, 4) is 0 Å². The maximum atomic E-state index is 5.67. The first-order valence-corrected chi connectivity index (χ1v) is 8.12. The smallest absolute Gasteiger partial charge is 0.178 e. The second-order valence-corrected chi connectivity index (χ2v) is 6.73. The molecule has 1 N–H and O–H groups in total. The molecule has 0 radical (unpaired) electrons. The summed E-state index contributed by atoms with van der Waals surface area (Å²) in [6.07, 6.45) is 0. The van der Waals surface area contributed by atoms with Crippen molar-refractivity contribution in [3.05, 3.63) is 53.9 Å². The maximum absolute atomic E-state index is 5.67. The summed E-state index contributed by atoms with van der Waals surface area (Å²) in [5, 5.41) is 16.3. The van der Waals surface area contributed by atoms with E-state index in [4.69, 9.17) is 4.74 Å². The molecule has 3 aromatic rings. The lowest BCUT2D eigenvalue weighted by molar-refractivity contribution is 0.130. The second kappa shape index (κ2) is 6.97. The van der Waals surface area contributed by atoms with E-state index in [0.717, 1.165) is 17.3 Å². The molecule has 24 heavy (non-hydrogen) atoms. The van der Waals surface area contributed by atoms with Crippen LogP contribution in [0.2, 0.25) is 0 Å². The van der Waals surface area contributed by atoms with Gasteiger partial charge in [-0.15, -0.1) is 15.3 Å². The van der Waals surface area contributed by atoms with E-state index < -0.39 is 0 Å². The first-order chi connectivity index (χ1) is 11.5. The van der Waals surface area contributed by atoms with Crippen LogP contribution in [-0.4, -0.2) is 33.0 Å². The zero-order chi connectivity index (χ0) is 17.0. The normalized spacial score (nSPS) is 11.8. The van der Waals surface area contributed by atoms with Gasteiger partial charge in [0.05, 0.1) is 13.2 Å². The number of ether oxygens (including phenoxy) is 1. The van der Waals surface area contributed by atoms with E-state index in [1.54, 1.807) is 4.52 Å². The number of hydrogen-bond donors (Lipinski definition) is 1. The molecule has 0 aliphatic heterocycles. The van der Waals surface area contributed by atoms with Crippen LogP contribution in [0.25, 0.3) is 5.65 Å². The summed E-state index contributed by atoms with van der Waals surface area (Å²) < 4.78 is 7.47. The van der Waals surface area contributed by atoms with Gasteiger partial charge < -0.3 is 10.1 Å². The van der Waals surface area contributed by atoms with Crippen molar-refractivity contribution < 1.29 is 4.74 Å². The molecule has 126 valence electrons. The van der Waals surface area contributed by atoms with Crippen molar-refractivity contribution in [2.45, 2.75) is 32.8 Å². The predicted octanol–water partition coefficient (Wildman–Crippen LogP) is 3.05. The second-order valence-electron chi connectivity index (χ2n) is 6.73. The molecule has 2 heterocycles. The van der Waals surface area contributed by atoms with E-state index in [1.807, 2.05) is 30.3 Å². The molecule has 0 amide bonds. The predicted molar refractivity (Wildman–Crippen MR) is 94.1 cm³/mol. The van der Waals surface area contributed by atoms with E-state index >= 15 is 0 Å². The Bertz CT molecular complexity index is 792. The standard InChI is InChI=1S/C18H23N5O/c1-18(2,3)17-21-20-16-10-9-15(22-23(16)17)19-11-12-24-13-14-7-5-4-6-8-14/h4-10H,11-13H2,1-3H3,(H,19,22). The molecule has 6 heteroatoms.